The minimum absolute atomic E-state index is 0.0491. The van der Waals surface area contributed by atoms with Crippen LogP contribution in [-0.2, 0) is 9.59 Å². The van der Waals surface area contributed by atoms with Crippen LogP contribution in [0.4, 0.5) is 17.6 Å². The van der Waals surface area contributed by atoms with Crippen molar-refractivity contribution in [1.29, 1.82) is 5.26 Å². The molecule has 0 unspecified atom stereocenters. The Hall–Kier alpha value is -6.01. The van der Waals surface area contributed by atoms with Crippen LogP contribution >= 0.6 is 0 Å². The van der Waals surface area contributed by atoms with Crippen molar-refractivity contribution < 1.29 is 36.6 Å². The third-order valence-corrected chi connectivity index (χ3v) is 6.98. The second-order valence-corrected chi connectivity index (χ2v) is 10.1. The SMILES string of the molecule is C/C(=C\CC(=O)Oc1ccc(-c2ccc(-c3ccc(C#N)cc3)c(F)c2)c(F)c1)C(=O)Oc1ccc(-c2ccc(F)cc2)c(F)c1. The van der Waals surface area contributed by atoms with Crippen molar-refractivity contribution in [1.82, 2.24) is 0 Å². The first-order valence-corrected chi connectivity index (χ1v) is 13.9. The standard InChI is InChI=1S/C37H23F4NO4/c1-22(37(44)46-29-13-15-31(34(40)20-29)25-7-10-27(38)11-8-25)2-17-36(43)45-28-12-16-32(35(41)19-28)26-9-14-30(33(39)18-26)24-5-3-23(21-42)4-6-24/h2-16,18-20H,17H2,1H3/b22-2+. The van der Waals surface area contributed by atoms with Gasteiger partial charge in [0.2, 0.25) is 0 Å². The molecule has 5 aromatic carbocycles. The van der Waals surface area contributed by atoms with Gasteiger partial charge in [-0.05, 0) is 78.2 Å². The van der Waals surface area contributed by atoms with Gasteiger partial charge in [0.25, 0.3) is 0 Å². The predicted molar refractivity (Wildman–Crippen MR) is 163 cm³/mol. The van der Waals surface area contributed by atoms with Gasteiger partial charge < -0.3 is 9.47 Å². The van der Waals surface area contributed by atoms with Crippen molar-refractivity contribution in [3.63, 3.8) is 0 Å². The van der Waals surface area contributed by atoms with Crippen LogP contribution in [0, 0.1) is 34.6 Å². The van der Waals surface area contributed by atoms with Gasteiger partial charge in [-0.25, -0.2) is 22.4 Å². The third-order valence-electron chi connectivity index (χ3n) is 6.98. The summed E-state index contributed by atoms with van der Waals surface area (Å²) in [5.74, 6) is -4.22. The molecule has 5 rings (SSSR count). The molecule has 5 aromatic rings. The van der Waals surface area contributed by atoms with E-state index in [0.29, 0.717) is 22.3 Å². The molecule has 0 N–H and O–H groups in total. The van der Waals surface area contributed by atoms with Crippen LogP contribution in [0.1, 0.15) is 18.9 Å². The summed E-state index contributed by atoms with van der Waals surface area (Å²) in [6, 6.07) is 25.4. The van der Waals surface area contributed by atoms with Crippen molar-refractivity contribution in [3.8, 4) is 50.9 Å². The van der Waals surface area contributed by atoms with Crippen molar-refractivity contribution in [2.24, 2.45) is 0 Å². The van der Waals surface area contributed by atoms with Crippen molar-refractivity contribution in [2.75, 3.05) is 0 Å². The van der Waals surface area contributed by atoms with E-state index in [1.54, 1.807) is 30.3 Å². The molecule has 0 aliphatic rings. The number of carbonyl (C=O) groups is 2. The summed E-state index contributed by atoms with van der Waals surface area (Å²) in [7, 11) is 0. The largest absolute Gasteiger partial charge is 0.426 e. The van der Waals surface area contributed by atoms with E-state index in [-0.39, 0.29) is 40.2 Å². The Morgan fingerprint density at radius 1 is 0.652 bits per heavy atom. The second-order valence-electron chi connectivity index (χ2n) is 10.1. The van der Waals surface area contributed by atoms with Crippen LogP contribution in [0.15, 0.2) is 115 Å². The van der Waals surface area contributed by atoms with Gasteiger partial charge in [-0.15, -0.1) is 0 Å². The summed E-state index contributed by atoms with van der Waals surface area (Å²) in [6.07, 6.45) is 0.918. The summed E-state index contributed by atoms with van der Waals surface area (Å²) < 4.78 is 68.0. The highest BCUT2D eigenvalue weighted by Crippen LogP contribution is 2.31. The van der Waals surface area contributed by atoms with Gasteiger partial charge in [-0.3, -0.25) is 4.79 Å². The molecule has 0 saturated heterocycles. The van der Waals surface area contributed by atoms with Crippen molar-refractivity contribution in [2.45, 2.75) is 13.3 Å². The molecule has 0 atom stereocenters. The lowest BCUT2D eigenvalue weighted by Crippen LogP contribution is -2.11. The molecular weight excluding hydrogens is 598 g/mol. The molecular formula is C37H23F4NO4. The van der Waals surface area contributed by atoms with Gasteiger partial charge in [0.15, 0.2) is 0 Å². The maximum atomic E-state index is 15.0. The van der Waals surface area contributed by atoms with Crippen LogP contribution in [0.2, 0.25) is 0 Å². The van der Waals surface area contributed by atoms with E-state index < -0.39 is 35.2 Å². The molecule has 0 spiro atoms. The van der Waals surface area contributed by atoms with Crippen LogP contribution in [0.3, 0.4) is 0 Å². The number of hydrogen-bond donors (Lipinski definition) is 0. The van der Waals surface area contributed by atoms with Gasteiger partial charge >= 0.3 is 11.9 Å². The zero-order chi connectivity index (χ0) is 32.8. The predicted octanol–water partition coefficient (Wildman–Crippen LogP) is 8.96. The molecule has 228 valence electrons. The first-order valence-electron chi connectivity index (χ1n) is 13.9. The first-order chi connectivity index (χ1) is 22.1. The van der Waals surface area contributed by atoms with E-state index in [2.05, 4.69) is 0 Å². The molecule has 5 nitrogen and oxygen atoms in total. The fourth-order valence-corrected chi connectivity index (χ4v) is 4.54. The maximum Gasteiger partial charge on any atom is 0.338 e. The van der Waals surface area contributed by atoms with Crippen LogP contribution in [0.25, 0.3) is 33.4 Å². The number of esters is 2. The highest BCUT2D eigenvalue weighted by molar-refractivity contribution is 5.90. The number of carbonyl (C=O) groups excluding carboxylic acids is 2. The van der Waals surface area contributed by atoms with Gasteiger partial charge in [0.1, 0.15) is 34.8 Å². The highest BCUT2D eigenvalue weighted by atomic mass is 19.1. The Bertz CT molecular complexity index is 2010. The lowest BCUT2D eigenvalue weighted by atomic mass is 9.98. The van der Waals surface area contributed by atoms with Gasteiger partial charge in [0.05, 0.1) is 18.1 Å². The van der Waals surface area contributed by atoms with E-state index in [0.717, 1.165) is 12.1 Å². The van der Waals surface area contributed by atoms with Gasteiger partial charge in [0, 0.05) is 34.4 Å². The van der Waals surface area contributed by atoms with Crippen LogP contribution in [0.5, 0.6) is 11.5 Å². The quantitative estimate of drug-likeness (QED) is 0.0748. The molecule has 0 radical (unpaired) electrons. The average molecular weight is 622 g/mol. The Morgan fingerprint density at radius 2 is 1.13 bits per heavy atom. The van der Waals surface area contributed by atoms with E-state index in [1.165, 1.54) is 73.7 Å². The number of rotatable bonds is 8. The normalized spacial score (nSPS) is 11.1. The van der Waals surface area contributed by atoms with Crippen molar-refractivity contribution >= 4 is 11.9 Å². The molecule has 0 heterocycles. The molecule has 0 amide bonds. The van der Waals surface area contributed by atoms with E-state index in [9.17, 15) is 27.2 Å². The third kappa shape index (κ3) is 7.37. The molecule has 0 aliphatic carbocycles. The van der Waals surface area contributed by atoms with Crippen LogP contribution in [-0.4, -0.2) is 11.9 Å². The zero-order valence-corrected chi connectivity index (χ0v) is 24.2. The van der Waals surface area contributed by atoms with E-state index >= 15 is 0 Å². The lowest BCUT2D eigenvalue weighted by molar-refractivity contribution is -0.133. The molecule has 0 bridgehead atoms. The average Bonchev–Trinajstić information content (AvgIpc) is 3.04. The van der Waals surface area contributed by atoms with Crippen LogP contribution < -0.4 is 9.47 Å². The monoisotopic (exact) mass is 621 g/mol. The number of halogens is 4. The lowest BCUT2D eigenvalue weighted by Gasteiger charge is -2.10. The minimum atomic E-state index is -0.824. The summed E-state index contributed by atoms with van der Waals surface area (Å²) >= 11 is 0. The number of ether oxygens (including phenoxy) is 2. The second kappa shape index (κ2) is 13.7. The van der Waals surface area contributed by atoms with Crippen molar-refractivity contribution in [3.05, 3.63) is 144 Å². The molecule has 0 aromatic heterocycles. The Morgan fingerprint density at radius 3 is 1.67 bits per heavy atom. The molecule has 46 heavy (non-hydrogen) atoms. The summed E-state index contributed by atoms with van der Waals surface area (Å²) in [5.41, 5.74) is 2.35. The Balaban J connectivity index is 1.18. The minimum Gasteiger partial charge on any atom is -0.426 e. The molecule has 0 fully saturated rings. The topological polar surface area (TPSA) is 76.4 Å². The summed E-state index contributed by atoms with van der Waals surface area (Å²) in [4.78, 5) is 24.8. The van der Waals surface area contributed by atoms with Gasteiger partial charge in [-0.2, -0.15) is 5.26 Å². The smallest absolute Gasteiger partial charge is 0.338 e. The summed E-state index contributed by atoms with van der Waals surface area (Å²) in [6.45, 7) is 1.40. The fourth-order valence-electron chi connectivity index (χ4n) is 4.54. The van der Waals surface area contributed by atoms with Gasteiger partial charge in [-0.1, -0.05) is 42.5 Å². The fraction of sp³-hybridized carbons (Fsp3) is 0.0541. The maximum absolute atomic E-state index is 15.0. The molecule has 0 aliphatic heterocycles. The van der Waals surface area contributed by atoms with E-state index in [4.69, 9.17) is 14.7 Å². The number of benzene rings is 5. The Kier molecular flexibility index (Phi) is 9.39. The Labute approximate surface area is 261 Å². The summed E-state index contributed by atoms with van der Waals surface area (Å²) in [5, 5.41) is 8.95. The number of nitrogens with zero attached hydrogens (tertiary/aromatic N) is 1. The number of nitriles is 1. The van der Waals surface area contributed by atoms with E-state index in [1.807, 2.05) is 6.07 Å². The first kappa shape index (κ1) is 31.4. The highest BCUT2D eigenvalue weighted by Gasteiger charge is 2.15. The molecule has 9 heteroatoms. The zero-order valence-electron chi connectivity index (χ0n) is 24.2. The number of hydrogen-bond acceptors (Lipinski definition) is 5. The molecule has 0 saturated carbocycles.